The third kappa shape index (κ3) is 3.88. The third-order valence-corrected chi connectivity index (χ3v) is 3.55. The lowest BCUT2D eigenvalue weighted by atomic mass is 10.3. The number of nitrogens with one attached hydrogen (secondary N) is 1. The smallest absolute Gasteiger partial charge is 0.248 e. The summed E-state index contributed by atoms with van der Waals surface area (Å²) >= 11 is 5.87. The SMILES string of the molecule is O=C(/C=C/c1cnn(-c2ccccc2)c1)Nc1ccc(F)cc1Cl. The molecule has 0 unspecified atom stereocenters. The van der Waals surface area contributed by atoms with Gasteiger partial charge in [0.2, 0.25) is 5.91 Å². The Hall–Kier alpha value is -2.92. The Bertz CT molecular complexity index is 890. The highest BCUT2D eigenvalue weighted by Crippen LogP contribution is 2.22. The maximum atomic E-state index is 13.0. The van der Waals surface area contributed by atoms with E-state index in [2.05, 4.69) is 10.4 Å². The number of aromatic nitrogens is 2. The number of rotatable bonds is 4. The number of hydrogen-bond acceptors (Lipinski definition) is 2. The quantitative estimate of drug-likeness (QED) is 0.718. The lowest BCUT2D eigenvalue weighted by molar-refractivity contribution is -0.111. The minimum absolute atomic E-state index is 0.147. The van der Waals surface area contributed by atoms with Gasteiger partial charge >= 0.3 is 0 Å². The summed E-state index contributed by atoms with van der Waals surface area (Å²) in [6, 6.07) is 13.4. The summed E-state index contributed by atoms with van der Waals surface area (Å²) in [5.41, 5.74) is 2.06. The standard InChI is InChI=1S/C18H13ClFN3O/c19-16-10-14(20)7-8-17(16)22-18(24)9-6-13-11-21-23(12-13)15-4-2-1-3-5-15/h1-12H,(H,22,24)/b9-6+. The van der Waals surface area contributed by atoms with Crippen LogP contribution < -0.4 is 5.32 Å². The molecule has 0 saturated carbocycles. The predicted octanol–water partition coefficient (Wildman–Crippen LogP) is 4.32. The van der Waals surface area contributed by atoms with Crippen molar-refractivity contribution in [2.75, 3.05) is 5.32 Å². The Morgan fingerprint density at radius 2 is 2.00 bits per heavy atom. The molecule has 0 radical (unpaired) electrons. The summed E-state index contributed by atoms with van der Waals surface area (Å²) in [5.74, 6) is -0.821. The van der Waals surface area contributed by atoms with Crippen molar-refractivity contribution in [1.29, 1.82) is 0 Å². The van der Waals surface area contributed by atoms with E-state index in [4.69, 9.17) is 11.6 Å². The van der Waals surface area contributed by atoms with Crippen LogP contribution in [-0.2, 0) is 4.79 Å². The zero-order valence-electron chi connectivity index (χ0n) is 12.5. The molecule has 0 saturated heterocycles. The molecular weight excluding hydrogens is 329 g/mol. The zero-order valence-corrected chi connectivity index (χ0v) is 13.2. The van der Waals surface area contributed by atoms with Crippen LogP contribution in [0, 0.1) is 5.82 Å². The van der Waals surface area contributed by atoms with E-state index < -0.39 is 5.82 Å². The Kier molecular flexibility index (Phi) is 4.72. The molecule has 0 aliphatic carbocycles. The van der Waals surface area contributed by atoms with Gasteiger partial charge in [-0.05, 0) is 36.4 Å². The zero-order chi connectivity index (χ0) is 16.9. The maximum Gasteiger partial charge on any atom is 0.248 e. The first-order valence-electron chi connectivity index (χ1n) is 7.16. The van der Waals surface area contributed by atoms with Crippen molar-refractivity contribution in [1.82, 2.24) is 9.78 Å². The lowest BCUT2D eigenvalue weighted by Crippen LogP contribution is -2.08. The van der Waals surface area contributed by atoms with Gasteiger partial charge < -0.3 is 5.32 Å². The second-order valence-electron chi connectivity index (χ2n) is 5.00. The first-order chi connectivity index (χ1) is 11.6. The number of halogens is 2. The molecule has 0 spiro atoms. The third-order valence-electron chi connectivity index (χ3n) is 3.24. The van der Waals surface area contributed by atoms with Crippen LogP contribution in [0.1, 0.15) is 5.56 Å². The molecule has 1 N–H and O–H groups in total. The van der Waals surface area contributed by atoms with E-state index in [1.165, 1.54) is 18.2 Å². The minimum Gasteiger partial charge on any atom is -0.321 e. The number of carbonyl (C=O) groups is 1. The number of para-hydroxylation sites is 1. The van der Waals surface area contributed by atoms with Crippen LogP contribution in [0.4, 0.5) is 10.1 Å². The highest BCUT2D eigenvalue weighted by molar-refractivity contribution is 6.33. The normalized spacial score (nSPS) is 10.9. The van der Waals surface area contributed by atoms with Gasteiger partial charge in [0, 0.05) is 17.8 Å². The largest absolute Gasteiger partial charge is 0.321 e. The van der Waals surface area contributed by atoms with Crippen molar-refractivity contribution in [3.8, 4) is 5.69 Å². The highest BCUT2D eigenvalue weighted by atomic mass is 35.5. The van der Waals surface area contributed by atoms with Crippen LogP contribution in [0.25, 0.3) is 11.8 Å². The lowest BCUT2D eigenvalue weighted by Gasteiger charge is -2.04. The topological polar surface area (TPSA) is 46.9 Å². The second-order valence-corrected chi connectivity index (χ2v) is 5.41. The van der Waals surface area contributed by atoms with Crippen LogP contribution in [0.3, 0.4) is 0 Å². The van der Waals surface area contributed by atoms with Crippen LogP contribution in [-0.4, -0.2) is 15.7 Å². The summed E-state index contributed by atoms with van der Waals surface area (Å²) in [6.45, 7) is 0. The Morgan fingerprint density at radius 1 is 1.21 bits per heavy atom. The highest BCUT2D eigenvalue weighted by Gasteiger charge is 2.05. The number of carbonyl (C=O) groups excluding carboxylic acids is 1. The Labute approximate surface area is 143 Å². The van der Waals surface area contributed by atoms with Crippen LogP contribution >= 0.6 is 11.6 Å². The van der Waals surface area contributed by atoms with Gasteiger partial charge in [0.05, 0.1) is 22.6 Å². The summed E-state index contributed by atoms with van der Waals surface area (Å²) in [6.07, 6.45) is 6.47. The van der Waals surface area contributed by atoms with E-state index in [-0.39, 0.29) is 10.9 Å². The first kappa shape index (κ1) is 16.0. The predicted molar refractivity (Wildman–Crippen MR) is 92.6 cm³/mol. The van der Waals surface area contributed by atoms with Gasteiger partial charge in [0.25, 0.3) is 0 Å². The minimum atomic E-state index is -0.457. The van der Waals surface area contributed by atoms with Gasteiger partial charge in [-0.15, -0.1) is 0 Å². The molecule has 0 bridgehead atoms. The van der Waals surface area contributed by atoms with Crippen LogP contribution in [0.15, 0.2) is 67.0 Å². The molecule has 6 heteroatoms. The molecule has 24 heavy (non-hydrogen) atoms. The van der Waals surface area contributed by atoms with Gasteiger partial charge in [-0.2, -0.15) is 5.10 Å². The van der Waals surface area contributed by atoms with Crippen molar-refractivity contribution in [2.24, 2.45) is 0 Å². The molecule has 3 aromatic rings. The van der Waals surface area contributed by atoms with Crippen molar-refractivity contribution in [3.63, 3.8) is 0 Å². The average molecular weight is 342 g/mol. The van der Waals surface area contributed by atoms with E-state index in [0.717, 1.165) is 17.3 Å². The Balaban J connectivity index is 1.67. The monoisotopic (exact) mass is 341 g/mol. The molecular formula is C18H13ClFN3O. The average Bonchev–Trinajstić information content (AvgIpc) is 3.05. The van der Waals surface area contributed by atoms with Gasteiger partial charge in [-0.3, -0.25) is 4.79 Å². The van der Waals surface area contributed by atoms with Gasteiger partial charge in [0.1, 0.15) is 5.82 Å². The molecule has 1 aromatic heterocycles. The fraction of sp³-hybridized carbons (Fsp3) is 0. The van der Waals surface area contributed by atoms with E-state index >= 15 is 0 Å². The van der Waals surface area contributed by atoms with E-state index in [1.54, 1.807) is 17.0 Å². The molecule has 4 nitrogen and oxygen atoms in total. The first-order valence-corrected chi connectivity index (χ1v) is 7.54. The fourth-order valence-electron chi connectivity index (χ4n) is 2.08. The van der Waals surface area contributed by atoms with Gasteiger partial charge in [-0.25, -0.2) is 9.07 Å². The molecule has 3 rings (SSSR count). The van der Waals surface area contributed by atoms with Crippen molar-refractivity contribution in [2.45, 2.75) is 0 Å². The number of benzene rings is 2. The van der Waals surface area contributed by atoms with Gasteiger partial charge in [0.15, 0.2) is 0 Å². The number of anilines is 1. The van der Waals surface area contributed by atoms with Gasteiger partial charge in [-0.1, -0.05) is 29.8 Å². The second kappa shape index (κ2) is 7.10. The maximum absolute atomic E-state index is 13.0. The molecule has 0 aliphatic rings. The molecule has 1 heterocycles. The molecule has 0 aliphatic heterocycles. The molecule has 0 fully saturated rings. The van der Waals surface area contributed by atoms with E-state index in [9.17, 15) is 9.18 Å². The molecule has 2 aromatic carbocycles. The molecule has 0 atom stereocenters. The summed E-state index contributed by atoms with van der Waals surface area (Å²) in [5, 5.41) is 6.98. The van der Waals surface area contributed by atoms with Crippen LogP contribution in [0.2, 0.25) is 5.02 Å². The summed E-state index contributed by atoms with van der Waals surface area (Å²) in [7, 11) is 0. The number of nitrogens with zero attached hydrogens (tertiary/aromatic N) is 2. The van der Waals surface area contributed by atoms with Crippen molar-refractivity contribution in [3.05, 3.63) is 83.4 Å². The van der Waals surface area contributed by atoms with E-state index in [0.29, 0.717) is 5.69 Å². The van der Waals surface area contributed by atoms with E-state index in [1.807, 2.05) is 36.5 Å². The summed E-state index contributed by atoms with van der Waals surface area (Å²) < 4.78 is 14.7. The molecule has 1 amide bonds. The molecule has 120 valence electrons. The van der Waals surface area contributed by atoms with Crippen LogP contribution in [0.5, 0.6) is 0 Å². The van der Waals surface area contributed by atoms with Crippen molar-refractivity contribution >= 4 is 29.3 Å². The van der Waals surface area contributed by atoms with Crippen molar-refractivity contribution < 1.29 is 9.18 Å². The number of amides is 1. The Morgan fingerprint density at radius 3 is 2.75 bits per heavy atom. The number of hydrogen-bond donors (Lipinski definition) is 1. The fourth-order valence-corrected chi connectivity index (χ4v) is 2.30. The summed E-state index contributed by atoms with van der Waals surface area (Å²) in [4.78, 5) is 11.9.